The zero-order chi connectivity index (χ0) is 15.4. The van der Waals surface area contributed by atoms with Gasteiger partial charge in [-0.1, -0.05) is 37.2 Å². The Morgan fingerprint density at radius 1 is 1.14 bits per heavy atom. The first-order chi connectivity index (χ1) is 10.1. The molecular weight excluding hydrogens is 264 g/mol. The molecule has 0 radical (unpaired) electrons. The summed E-state index contributed by atoms with van der Waals surface area (Å²) < 4.78 is 5.28. The van der Waals surface area contributed by atoms with Crippen LogP contribution in [0.3, 0.4) is 0 Å². The van der Waals surface area contributed by atoms with Crippen LogP contribution in [0, 0.1) is 13.8 Å². The Labute approximate surface area is 126 Å². The molecule has 2 atom stereocenters. The van der Waals surface area contributed by atoms with Crippen molar-refractivity contribution in [3.8, 4) is 5.75 Å². The standard InChI is InChI=1S/C17H24N2O2/c1-5-14(13-9-7-8-10-16(13)20)18-15(6-2)17-11(3)19-21-12(17)4/h7-10,14-15,18,20H,5-6H2,1-4H3/t14-,15-/m1/s1. The maximum absolute atomic E-state index is 10.1. The number of rotatable bonds is 6. The van der Waals surface area contributed by atoms with E-state index in [1.165, 1.54) is 0 Å². The van der Waals surface area contributed by atoms with Gasteiger partial charge in [0.15, 0.2) is 0 Å². The first kappa shape index (κ1) is 15.6. The summed E-state index contributed by atoms with van der Waals surface area (Å²) in [5, 5.41) is 17.7. The van der Waals surface area contributed by atoms with Gasteiger partial charge in [-0.05, 0) is 32.8 Å². The molecule has 21 heavy (non-hydrogen) atoms. The molecule has 0 aliphatic heterocycles. The van der Waals surface area contributed by atoms with E-state index in [4.69, 9.17) is 4.52 Å². The van der Waals surface area contributed by atoms with Gasteiger partial charge in [-0.25, -0.2) is 0 Å². The number of aromatic hydroxyl groups is 1. The number of aromatic nitrogens is 1. The minimum absolute atomic E-state index is 0.102. The van der Waals surface area contributed by atoms with Crippen LogP contribution in [-0.2, 0) is 0 Å². The highest BCUT2D eigenvalue weighted by molar-refractivity contribution is 5.35. The van der Waals surface area contributed by atoms with Crippen molar-refractivity contribution in [3.63, 3.8) is 0 Å². The van der Waals surface area contributed by atoms with Crippen LogP contribution >= 0.6 is 0 Å². The third kappa shape index (κ3) is 3.27. The van der Waals surface area contributed by atoms with Crippen molar-refractivity contribution in [2.45, 2.75) is 52.6 Å². The van der Waals surface area contributed by atoms with Gasteiger partial charge < -0.3 is 14.9 Å². The van der Waals surface area contributed by atoms with Crippen LogP contribution in [-0.4, -0.2) is 10.3 Å². The second-order valence-electron chi connectivity index (χ2n) is 5.38. The van der Waals surface area contributed by atoms with E-state index in [1.807, 2.05) is 32.0 Å². The molecule has 4 nitrogen and oxygen atoms in total. The average molecular weight is 288 g/mol. The van der Waals surface area contributed by atoms with Gasteiger partial charge in [-0.3, -0.25) is 0 Å². The molecule has 0 unspecified atom stereocenters. The normalized spacial score (nSPS) is 14.1. The van der Waals surface area contributed by atoms with Gasteiger partial charge in [-0.2, -0.15) is 0 Å². The Balaban J connectivity index is 2.26. The number of hydrogen-bond donors (Lipinski definition) is 2. The lowest BCUT2D eigenvalue weighted by Gasteiger charge is -2.25. The highest BCUT2D eigenvalue weighted by atomic mass is 16.5. The number of hydrogen-bond acceptors (Lipinski definition) is 4. The average Bonchev–Trinajstić information content (AvgIpc) is 2.81. The largest absolute Gasteiger partial charge is 0.508 e. The predicted molar refractivity (Wildman–Crippen MR) is 83.3 cm³/mol. The van der Waals surface area contributed by atoms with Crippen molar-refractivity contribution >= 4 is 0 Å². The molecule has 0 fully saturated rings. The molecule has 0 aliphatic rings. The maximum atomic E-state index is 10.1. The highest BCUT2D eigenvalue weighted by Gasteiger charge is 2.23. The third-order valence-electron chi connectivity index (χ3n) is 3.97. The van der Waals surface area contributed by atoms with E-state index in [0.717, 1.165) is 35.4 Å². The summed E-state index contributed by atoms with van der Waals surface area (Å²) >= 11 is 0. The number of para-hydroxylation sites is 1. The summed E-state index contributed by atoms with van der Waals surface area (Å²) in [4.78, 5) is 0. The molecule has 2 N–H and O–H groups in total. The Morgan fingerprint density at radius 2 is 1.81 bits per heavy atom. The van der Waals surface area contributed by atoms with Crippen molar-refractivity contribution in [1.82, 2.24) is 10.5 Å². The number of nitrogens with one attached hydrogen (secondary N) is 1. The van der Waals surface area contributed by atoms with Crippen LogP contribution in [0.4, 0.5) is 0 Å². The molecular formula is C17H24N2O2. The van der Waals surface area contributed by atoms with Crippen LogP contribution < -0.4 is 5.32 Å². The fourth-order valence-electron chi connectivity index (χ4n) is 2.85. The SMILES string of the molecule is CC[C@@H](N[C@H](CC)c1c(C)noc1C)c1ccccc1O. The number of aryl methyl sites for hydroxylation is 2. The molecule has 2 aromatic rings. The summed E-state index contributed by atoms with van der Waals surface area (Å²) in [6, 6.07) is 7.77. The van der Waals surface area contributed by atoms with Crippen molar-refractivity contribution < 1.29 is 9.63 Å². The molecule has 1 aromatic heterocycles. The van der Waals surface area contributed by atoms with E-state index in [2.05, 4.69) is 24.3 Å². The van der Waals surface area contributed by atoms with E-state index in [0.29, 0.717) is 5.75 Å². The minimum Gasteiger partial charge on any atom is -0.508 e. The molecule has 0 bridgehead atoms. The van der Waals surface area contributed by atoms with Crippen LogP contribution in [0.2, 0.25) is 0 Å². The predicted octanol–water partition coefficient (Wildman–Crippen LogP) is 4.19. The molecule has 0 saturated carbocycles. The molecule has 2 rings (SSSR count). The van der Waals surface area contributed by atoms with Crippen molar-refractivity contribution in [2.75, 3.05) is 0 Å². The van der Waals surface area contributed by atoms with Crippen LogP contribution in [0.15, 0.2) is 28.8 Å². The first-order valence-electron chi connectivity index (χ1n) is 7.55. The second-order valence-corrected chi connectivity index (χ2v) is 5.38. The third-order valence-corrected chi connectivity index (χ3v) is 3.97. The molecule has 1 aromatic carbocycles. The number of phenols is 1. The molecule has 0 spiro atoms. The van der Waals surface area contributed by atoms with Gasteiger partial charge >= 0.3 is 0 Å². The number of nitrogens with zero attached hydrogens (tertiary/aromatic N) is 1. The highest BCUT2D eigenvalue weighted by Crippen LogP contribution is 2.31. The Kier molecular flexibility index (Phi) is 5.02. The number of benzene rings is 1. The topological polar surface area (TPSA) is 58.3 Å². The van der Waals surface area contributed by atoms with Crippen LogP contribution in [0.1, 0.15) is 61.4 Å². The summed E-state index contributed by atoms with van der Waals surface area (Å²) in [6.07, 6.45) is 1.84. The lowest BCUT2D eigenvalue weighted by molar-refractivity contribution is 0.381. The van der Waals surface area contributed by atoms with Crippen LogP contribution in [0.25, 0.3) is 0 Å². The van der Waals surface area contributed by atoms with Gasteiger partial charge in [0, 0.05) is 23.2 Å². The molecule has 0 saturated heterocycles. The van der Waals surface area contributed by atoms with Gasteiger partial charge in [0.1, 0.15) is 11.5 Å². The summed E-state index contributed by atoms with van der Waals surface area (Å²) in [5.41, 5.74) is 3.00. The molecule has 1 heterocycles. The van der Waals surface area contributed by atoms with Crippen molar-refractivity contribution in [1.29, 1.82) is 0 Å². The summed E-state index contributed by atoms with van der Waals surface area (Å²) in [5.74, 6) is 1.20. The first-order valence-corrected chi connectivity index (χ1v) is 7.55. The smallest absolute Gasteiger partial charge is 0.138 e. The van der Waals surface area contributed by atoms with E-state index < -0.39 is 0 Å². The lowest BCUT2D eigenvalue weighted by atomic mass is 9.97. The summed E-state index contributed by atoms with van der Waals surface area (Å²) in [6.45, 7) is 8.17. The Hall–Kier alpha value is -1.81. The maximum Gasteiger partial charge on any atom is 0.138 e. The molecule has 0 aliphatic carbocycles. The quantitative estimate of drug-likeness (QED) is 0.836. The van der Waals surface area contributed by atoms with Crippen LogP contribution in [0.5, 0.6) is 5.75 Å². The fourth-order valence-corrected chi connectivity index (χ4v) is 2.85. The fraction of sp³-hybridized carbons (Fsp3) is 0.471. The molecule has 4 heteroatoms. The van der Waals surface area contributed by atoms with Crippen molar-refractivity contribution in [2.24, 2.45) is 0 Å². The zero-order valence-corrected chi connectivity index (χ0v) is 13.2. The van der Waals surface area contributed by atoms with Gasteiger partial charge in [-0.15, -0.1) is 0 Å². The Bertz CT molecular complexity index is 573. The van der Waals surface area contributed by atoms with Gasteiger partial charge in [0.25, 0.3) is 0 Å². The summed E-state index contributed by atoms with van der Waals surface area (Å²) in [7, 11) is 0. The molecule has 0 amide bonds. The van der Waals surface area contributed by atoms with E-state index >= 15 is 0 Å². The van der Waals surface area contributed by atoms with Gasteiger partial charge in [0.05, 0.1) is 5.69 Å². The van der Waals surface area contributed by atoms with Crippen molar-refractivity contribution in [3.05, 3.63) is 46.8 Å². The zero-order valence-electron chi connectivity index (χ0n) is 13.2. The number of phenolic OH excluding ortho intramolecular Hbond substituents is 1. The van der Waals surface area contributed by atoms with E-state index in [1.54, 1.807) is 6.07 Å². The van der Waals surface area contributed by atoms with E-state index in [-0.39, 0.29) is 12.1 Å². The Morgan fingerprint density at radius 3 is 2.33 bits per heavy atom. The van der Waals surface area contributed by atoms with Gasteiger partial charge in [0.2, 0.25) is 0 Å². The minimum atomic E-state index is 0.102. The monoisotopic (exact) mass is 288 g/mol. The lowest BCUT2D eigenvalue weighted by Crippen LogP contribution is -2.26. The second kappa shape index (κ2) is 6.76. The molecule has 114 valence electrons. The van der Waals surface area contributed by atoms with E-state index in [9.17, 15) is 5.11 Å².